The highest BCUT2D eigenvalue weighted by Crippen LogP contribution is 2.39. The van der Waals surface area contributed by atoms with E-state index < -0.39 is 0 Å². The Morgan fingerprint density at radius 2 is 2.11 bits per heavy atom. The predicted octanol–water partition coefficient (Wildman–Crippen LogP) is 2.27. The minimum atomic E-state index is 0.706. The second-order valence-electron chi connectivity index (χ2n) is 5.38. The molecule has 4 rings (SSSR count). The van der Waals surface area contributed by atoms with Crippen molar-refractivity contribution in [3.63, 3.8) is 0 Å². The Bertz CT molecular complexity index is 564. The van der Waals surface area contributed by atoms with Gasteiger partial charge in [-0.2, -0.15) is 5.10 Å². The van der Waals surface area contributed by atoms with Crippen LogP contribution in [0.25, 0.3) is 11.5 Å². The zero-order valence-corrected chi connectivity index (χ0v) is 10.4. The van der Waals surface area contributed by atoms with Crippen LogP contribution >= 0.6 is 0 Å². The van der Waals surface area contributed by atoms with Crippen molar-refractivity contribution in [3.8, 4) is 11.5 Å². The smallest absolute Gasteiger partial charge is 0.184 e. The molecule has 0 bridgehead atoms. The van der Waals surface area contributed by atoms with Gasteiger partial charge in [-0.25, -0.2) is 0 Å². The van der Waals surface area contributed by atoms with Crippen molar-refractivity contribution >= 4 is 0 Å². The number of aromatic amines is 1. The molecule has 0 spiro atoms. The van der Waals surface area contributed by atoms with Crippen molar-refractivity contribution in [2.75, 3.05) is 0 Å². The minimum Gasteiger partial charge on any atom is -0.310 e. The molecule has 2 aromatic heterocycles. The quantitative estimate of drug-likeness (QED) is 0.880. The molecule has 0 radical (unpaired) electrons. The number of H-pyrrole nitrogens is 1. The number of fused-ring (bicyclic) bond motifs is 1. The van der Waals surface area contributed by atoms with Gasteiger partial charge in [-0.15, -0.1) is 10.2 Å². The summed E-state index contributed by atoms with van der Waals surface area (Å²) in [5.74, 6) is 2.77. The third-order valence-corrected chi connectivity index (χ3v) is 3.95. The average Bonchev–Trinajstić information content (AvgIpc) is 3.07. The van der Waals surface area contributed by atoms with Crippen LogP contribution in [0.2, 0.25) is 0 Å². The van der Waals surface area contributed by atoms with Crippen LogP contribution in [-0.4, -0.2) is 25.0 Å². The van der Waals surface area contributed by atoms with Crippen LogP contribution in [0.1, 0.15) is 49.5 Å². The Morgan fingerprint density at radius 3 is 3.00 bits per heavy atom. The second-order valence-corrected chi connectivity index (χ2v) is 5.38. The van der Waals surface area contributed by atoms with Crippen molar-refractivity contribution in [1.82, 2.24) is 25.0 Å². The fraction of sp³-hybridized carbons (Fsp3) is 0.615. The van der Waals surface area contributed by atoms with Crippen molar-refractivity contribution in [3.05, 3.63) is 17.6 Å². The fourth-order valence-corrected chi connectivity index (χ4v) is 2.73. The van der Waals surface area contributed by atoms with Crippen molar-refractivity contribution in [1.29, 1.82) is 0 Å². The molecule has 18 heavy (non-hydrogen) atoms. The molecule has 3 heterocycles. The van der Waals surface area contributed by atoms with E-state index >= 15 is 0 Å². The van der Waals surface area contributed by atoms with Gasteiger partial charge in [-0.05, 0) is 31.7 Å². The van der Waals surface area contributed by atoms with Crippen molar-refractivity contribution in [2.45, 2.75) is 51.0 Å². The summed E-state index contributed by atoms with van der Waals surface area (Å²) in [4.78, 5) is 0. The summed E-state index contributed by atoms with van der Waals surface area (Å²) in [7, 11) is 0. The van der Waals surface area contributed by atoms with Gasteiger partial charge >= 0.3 is 0 Å². The highest BCUT2D eigenvalue weighted by Gasteiger charge is 2.26. The van der Waals surface area contributed by atoms with E-state index in [1.54, 1.807) is 0 Å². The Balaban J connectivity index is 1.72. The Labute approximate surface area is 106 Å². The van der Waals surface area contributed by atoms with Gasteiger partial charge < -0.3 is 4.57 Å². The van der Waals surface area contributed by atoms with E-state index in [0.717, 1.165) is 30.3 Å². The maximum atomic E-state index is 4.41. The van der Waals surface area contributed by atoms with E-state index in [0.29, 0.717) is 5.92 Å². The summed E-state index contributed by atoms with van der Waals surface area (Å²) in [5.41, 5.74) is 2.22. The van der Waals surface area contributed by atoms with Gasteiger partial charge in [0.1, 0.15) is 11.5 Å². The van der Waals surface area contributed by atoms with E-state index in [-0.39, 0.29) is 0 Å². The normalized spacial score (nSPS) is 19.6. The molecule has 0 amide bonds. The lowest BCUT2D eigenvalue weighted by Gasteiger charge is -2.03. The summed E-state index contributed by atoms with van der Waals surface area (Å²) in [6.45, 7) is 1.03. The van der Waals surface area contributed by atoms with E-state index in [1.807, 2.05) is 0 Å². The van der Waals surface area contributed by atoms with E-state index in [4.69, 9.17) is 0 Å². The molecule has 1 aliphatic carbocycles. The molecule has 1 fully saturated rings. The van der Waals surface area contributed by atoms with Gasteiger partial charge in [-0.3, -0.25) is 5.10 Å². The largest absolute Gasteiger partial charge is 0.310 e. The van der Waals surface area contributed by atoms with Crippen LogP contribution in [0.3, 0.4) is 0 Å². The summed E-state index contributed by atoms with van der Waals surface area (Å²) in [5, 5.41) is 16.2. The van der Waals surface area contributed by atoms with Crippen molar-refractivity contribution in [2.24, 2.45) is 0 Å². The molecule has 1 N–H and O–H groups in total. The SMILES string of the molecule is c1c(-c2nnc3n2CCCCC3)n[nH]c1C1CC1. The molecule has 94 valence electrons. The molecule has 0 aromatic carbocycles. The molecule has 1 aliphatic heterocycles. The van der Waals surface area contributed by atoms with Crippen LogP contribution < -0.4 is 0 Å². The summed E-state index contributed by atoms with van der Waals surface area (Å²) < 4.78 is 2.25. The Hall–Kier alpha value is -1.65. The first kappa shape index (κ1) is 10.3. The van der Waals surface area contributed by atoms with E-state index in [9.17, 15) is 0 Å². The van der Waals surface area contributed by atoms with Gasteiger partial charge in [0, 0.05) is 24.6 Å². The predicted molar refractivity (Wildman–Crippen MR) is 67.1 cm³/mol. The number of aryl methyl sites for hydroxylation is 1. The number of hydrogen-bond acceptors (Lipinski definition) is 3. The lowest BCUT2D eigenvalue weighted by Crippen LogP contribution is -2.03. The lowest BCUT2D eigenvalue weighted by atomic mass is 10.2. The molecule has 0 saturated heterocycles. The van der Waals surface area contributed by atoms with Gasteiger partial charge in [0.05, 0.1) is 0 Å². The van der Waals surface area contributed by atoms with Crippen LogP contribution in [0.4, 0.5) is 0 Å². The molecule has 2 aromatic rings. The van der Waals surface area contributed by atoms with Crippen LogP contribution in [0.5, 0.6) is 0 Å². The molecule has 5 heteroatoms. The molecular formula is C13H17N5. The topological polar surface area (TPSA) is 59.4 Å². The maximum absolute atomic E-state index is 4.41. The standard InChI is InChI=1S/C13H17N5/c1-2-4-12-16-17-13(18(12)7-3-1)11-8-10(14-15-11)9-5-6-9/h8-9H,1-7H2,(H,14,15). The first-order valence-electron chi connectivity index (χ1n) is 6.89. The number of nitrogens with zero attached hydrogens (tertiary/aromatic N) is 4. The lowest BCUT2D eigenvalue weighted by molar-refractivity contribution is 0.636. The van der Waals surface area contributed by atoms with E-state index in [2.05, 4.69) is 31.0 Å². The van der Waals surface area contributed by atoms with Crippen molar-refractivity contribution < 1.29 is 0 Å². The van der Waals surface area contributed by atoms with Crippen LogP contribution in [-0.2, 0) is 13.0 Å². The Morgan fingerprint density at radius 1 is 1.17 bits per heavy atom. The molecule has 5 nitrogen and oxygen atoms in total. The second kappa shape index (κ2) is 3.93. The third-order valence-electron chi connectivity index (χ3n) is 3.95. The van der Waals surface area contributed by atoms with Gasteiger partial charge in [0.25, 0.3) is 0 Å². The zero-order chi connectivity index (χ0) is 11.9. The van der Waals surface area contributed by atoms with Crippen LogP contribution in [0.15, 0.2) is 6.07 Å². The first-order chi connectivity index (χ1) is 8.92. The molecule has 0 unspecified atom stereocenters. The molecule has 1 saturated carbocycles. The fourth-order valence-electron chi connectivity index (χ4n) is 2.73. The van der Waals surface area contributed by atoms with E-state index in [1.165, 1.54) is 37.8 Å². The number of hydrogen-bond donors (Lipinski definition) is 1. The Kier molecular flexibility index (Phi) is 2.25. The number of aromatic nitrogens is 5. The maximum Gasteiger partial charge on any atom is 0.184 e. The van der Waals surface area contributed by atoms with Gasteiger partial charge in [-0.1, -0.05) is 6.42 Å². The summed E-state index contributed by atoms with van der Waals surface area (Å²) >= 11 is 0. The molecule has 0 atom stereocenters. The highest BCUT2D eigenvalue weighted by atomic mass is 15.3. The van der Waals surface area contributed by atoms with Crippen LogP contribution in [0, 0.1) is 0 Å². The number of nitrogens with one attached hydrogen (secondary N) is 1. The minimum absolute atomic E-state index is 0.706. The first-order valence-corrected chi connectivity index (χ1v) is 6.89. The summed E-state index contributed by atoms with van der Waals surface area (Å²) in [6, 6.07) is 2.15. The van der Waals surface area contributed by atoms with Gasteiger partial charge in [0.2, 0.25) is 0 Å². The van der Waals surface area contributed by atoms with Gasteiger partial charge in [0.15, 0.2) is 5.82 Å². The monoisotopic (exact) mass is 243 g/mol. The molecular weight excluding hydrogens is 226 g/mol. The third kappa shape index (κ3) is 1.65. The summed E-state index contributed by atoms with van der Waals surface area (Å²) in [6.07, 6.45) is 7.37. The average molecular weight is 243 g/mol. The zero-order valence-electron chi connectivity index (χ0n) is 10.4. The molecule has 2 aliphatic rings. The number of rotatable bonds is 2. The highest BCUT2D eigenvalue weighted by molar-refractivity contribution is 5.50.